The van der Waals surface area contributed by atoms with Gasteiger partial charge in [0, 0.05) is 27.1 Å². The molecule has 0 N–H and O–H groups in total. The van der Waals surface area contributed by atoms with Crippen LogP contribution in [0, 0.1) is 22.7 Å². The molecular weight excluding hydrogens is 719 g/mol. The van der Waals surface area contributed by atoms with Crippen LogP contribution >= 0.6 is 0 Å². The summed E-state index contributed by atoms with van der Waals surface area (Å²) in [5.41, 5.74) is -3.61. The molecule has 0 aliphatic rings. The summed E-state index contributed by atoms with van der Waals surface area (Å²) in [5, 5.41) is 21.9. The van der Waals surface area contributed by atoms with Crippen molar-refractivity contribution in [2.75, 3.05) is 0 Å². The molecule has 0 atom stereocenters. The van der Waals surface area contributed by atoms with E-state index in [1.807, 2.05) is 6.07 Å². The lowest BCUT2D eigenvalue weighted by molar-refractivity contribution is -0.138. The second-order valence-corrected chi connectivity index (χ2v) is 12.6. The summed E-state index contributed by atoms with van der Waals surface area (Å²) in [6, 6.07) is 28.1. The molecule has 6 aromatic carbocycles. The fraction of sp³-hybridized carbons (Fsp3) is 0.0732. The van der Waals surface area contributed by atoms with E-state index in [2.05, 4.69) is 0 Å². The zero-order chi connectivity index (χ0) is 38.3. The van der Waals surface area contributed by atoms with Gasteiger partial charge in [0.15, 0.2) is 0 Å². The molecule has 0 aliphatic carbocycles. The summed E-state index contributed by atoms with van der Waals surface area (Å²) in [7, 11) is 0. The molecule has 266 valence electrons. The molecule has 4 nitrogen and oxygen atoms in total. The Morgan fingerprint density at radius 1 is 0.407 bits per heavy atom. The lowest BCUT2D eigenvalue weighted by Crippen LogP contribution is -2.09. The number of fused-ring (bicyclic) bond motifs is 6. The molecule has 0 saturated carbocycles. The topological polar surface area (TPSA) is 57.4 Å². The SMILES string of the molecule is N#Cc1cc(-c2c(-n3c4ccccc4c4ccc(C(F)(F)F)cc43)cc(C#N)cc2-n2c3ccccc3c3ccc(C(F)(F)F)cc32)cc(C(F)(F)F)c1. The number of hydrogen-bond acceptors (Lipinski definition) is 2. The molecule has 13 heteroatoms. The number of halogens is 9. The maximum Gasteiger partial charge on any atom is 0.416 e. The molecule has 0 bridgehead atoms. The molecule has 8 aromatic rings. The van der Waals surface area contributed by atoms with Gasteiger partial charge in [-0.1, -0.05) is 48.5 Å². The Morgan fingerprint density at radius 3 is 1.24 bits per heavy atom. The Morgan fingerprint density at radius 2 is 0.815 bits per heavy atom. The van der Waals surface area contributed by atoms with Crippen molar-refractivity contribution < 1.29 is 39.5 Å². The molecule has 0 saturated heterocycles. The van der Waals surface area contributed by atoms with Gasteiger partial charge in [-0.3, -0.25) is 0 Å². The summed E-state index contributed by atoms with van der Waals surface area (Å²) >= 11 is 0. The number of nitriles is 2. The van der Waals surface area contributed by atoms with Crippen molar-refractivity contribution in [1.82, 2.24) is 9.13 Å². The van der Waals surface area contributed by atoms with Crippen molar-refractivity contribution in [1.29, 1.82) is 10.5 Å². The molecule has 0 spiro atoms. The van der Waals surface area contributed by atoms with Crippen LogP contribution in [0.3, 0.4) is 0 Å². The summed E-state index contributed by atoms with van der Waals surface area (Å²) < 4.78 is 131. The number of rotatable bonds is 3. The zero-order valence-electron chi connectivity index (χ0n) is 27.2. The van der Waals surface area contributed by atoms with Crippen LogP contribution in [0.5, 0.6) is 0 Å². The third kappa shape index (κ3) is 5.48. The predicted molar refractivity (Wildman–Crippen MR) is 185 cm³/mol. The maximum atomic E-state index is 14.4. The van der Waals surface area contributed by atoms with Gasteiger partial charge in [-0.15, -0.1) is 0 Å². The fourth-order valence-electron chi connectivity index (χ4n) is 7.14. The van der Waals surface area contributed by atoms with E-state index >= 15 is 0 Å². The standard InChI is InChI=1S/C41H19F9N4/c42-39(43,44)25-9-11-30-28-5-1-3-7-32(28)53(34(30)18-25)36-15-23(21-52)16-37(38(36)24-13-22(20-51)14-27(17-24)41(48,49)50)54-33-8-4-2-6-29(33)31-12-10-26(19-35(31)54)40(45,46)47/h1-19H. The zero-order valence-corrected chi connectivity index (χ0v) is 27.2. The van der Waals surface area contributed by atoms with E-state index < -0.39 is 40.8 Å². The van der Waals surface area contributed by atoms with Gasteiger partial charge in [0.25, 0.3) is 0 Å². The first-order valence-corrected chi connectivity index (χ1v) is 16.0. The fourth-order valence-corrected chi connectivity index (χ4v) is 7.14. The van der Waals surface area contributed by atoms with Crippen LogP contribution in [-0.2, 0) is 18.5 Å². The summed E-state index contributed by atoms with van der Waals surface area (Å²) in [4.78, 5) is 0. The van der Waals surface area contributed by atoms with E-state index in [1.165, 1.54) is 33.4 Å². The number of aromatic nitrogens is 2. The first-order valence-electron chi connectivity index (χ1n) is 16.0. The van der Waals surface area contributed by atoms with Crippen LogP contribution in [-0.4, -0.2) is 9.13 Å². The normalized spacial score (nSPS) is 12.5. The van der Waals surface area contributed by atoms with Crippen molar-refractivity contribution >= 4 is 43.6 Å². The molecule has 0 amide bonds. The van der Waals surface area contributed by atoms with E-state index in [-0.39, 0.29) is 39.1 Å². The van der Waals surface area contributed by atoms with Crippen LogP contribution in [0.2, 0.25) is 0 Å². The minimum absolute atomic E-state index is 0.0117. The van der Waals surface area contributed by atoms with Gasteiger partial charge in [-0.05, 0) is 72.3 Å². The van der Waals surface area contributed by atoms with Crippen LogP contribution in [0.4, 0.5) is 39.5 Å². The van der Waals surface area contributed by atoms with Gasteiger partial charge >= 0.3 is 18.5 Å². The lowest BCUT2D eigenvalue weighted by atomic mass is 9.94. The lowest BCUT2D eigenvalue weighted by Gasteiger charge is -2.22. The maximum absolute atomic E-state index is 14.4. The highest BCUT2D eigenvalue weighted by atomic mass is 19.4. The first kappa shape index (κ1) is 34.4. The monoisotopic (exact) mass is 738 g/mol. The molecule has 0 aliphatic heterocycles. The minimum atomic E-state index is -4.96. The van der Waals surface area contributed by atoms with Gasteiger partial charge in [-0.25, -0.2) is 0 Å². The quantitative estimate of drug-likeness (QED) is 0.170. The van der Waals surface area contributed by atoms with Crippen molar-refractivity contribution in [2.24, 2.45) is 0 Å². The number of hydrogen-bond donors (Lipinski definition) is 0. The number of nitrogens with zero attached hydrogens (tertiary/aromatic N) is 4. The molecule has 0 fully saturated rings. The second kappa shape index (κ2) is 11.9. The Balaban J connectivity index is 1.63. The van der Waals surface area contributed by atoms with Crippen LogP contribution < -0.4 is 0 Å². The Hall–Kier alpha value is -6.73. The van der Waals surface area contributed by atoms with Gasteiger partial charge in [0.05, 0.1) is 73.4 Å². The number of alkyl halides is 9. The van der Waals surface area contributed by atoms with Gasteiger partial charge in [0.1, 0.15) is 0 Å². The summed E-state index contributed by atoms with van der Waals surface area (Å²) in [6.07, 6.45) is -14.5. The predicted octanol–water partition coefficient (Wildman–Crippen LogP) is 12.3. The number of para-hydroxylation sites is 2. The van der Waals surface area contributed by atoms with Crippen molar-refractivity contribution in [3.05, 3.63) is 143 Å². The Labute approximate surface area is 298 Å². The van der Waals surface area contributed by atoms with Crippen LogP contribution in [0.25, 0.3) is 66.1 Å². The molecule has 0 radical (unpaired) electrons. The van der Waals surface area contributed by atoms with Gasteiger partial charge in [0.2, 0.25) is 0 Å². The summed E-state index contributed by atoms with van der Waals surface area (Å²) in [6.45, 7) is 0. The van der Waals surface area contributed by atoms with E-state index in [0.29, 0.717) is 38.6 Å². The number of benzene rings is 6. The van der Waals surface area contributed by atoms with Gasteiger partial charge in [-0.2, -0.15) is 50.0 Å². The van der Waals surface area contributed by atoms with Crippen LogP contribution in [0.1, 0.15) is 27.8 Å². The third-order valence-electron chi connectivity index (χ3n) is 9.39. The Kier molecular flexibility index (Phi) is 7.57. The molecule has 0 unspecified atom stereocenters. The van der Waals surface area contributed by atoms with Crippen LogP contribution in [0.15, 0.2) is 115 Å². The molecule has 54 heavy (non-hydrogen) atoms. The van der Waals surface area contributed by atoms with E-state index in [1.54, 1.807) is 54.6 Å². The highest BCUT2D eigenvalue weighted by Gasteiger charge is 2.35. The average molecular weight is 739 g/mol. The third-order valence-corrected chi connectivity index (χ3v) is 9.39. The highest BCUT2D eigenvalue weighted by molar-refractivity contribution is 6.12. The van der Waals surface area contributed by atoms with Gasteiger partial charge < -0.3 is 9.13 Å². The van der Waals surface area contributed by atoms with Crippen molar-refractivity contribution in [3.8, 4) is 34.6 Å². The van der Waals surface area contributed by atoms with Crippen molar-refractivity contribution in [2.45, 2.75) is 18.5 Å². The molecular formula is C41H19F9N4. The van der Waals surface area contributed by atoms with E-state index in [9.17, 15) is 50.0 Å². The first-order chi connectivity index (χ1) is 25.6. The minimum Gasteiger partial charge on any atom is -0.308 e. The highest BCUT2D eigenvalue weighted by Crippen LogP contribution is 2.46. The van der Waals surface area contributed by atoms with Crippen molar-refractivity contribution in [3.63, 3.8) is 0 Å². The van der Waals surface area contributed by atoms with E-state index in [0.717, 1.165) is 36.4 Å². The largest absolute Gasteiger partial charge is 0.416 e. The smallest absolute Gasteiger partial charge is 0.308 e. The Bertz CT molecular complexity index is 2780. The molecule has 2 aromatic heterocycles. The summed E-state index contributed by atoms with van der Waals surface area (Å²) in [5.74, 6) is 0. The molecule has 8 rings (SSSR count). The second-order valence-electron chi connectivity index (χ2n) is 12.6. The molecule has 2 heterocycles. The average Bonchev–Trinajstić information content (AvgIpc) is 3.65. The van der Waals surface area contributed by atoms with E-state index in [4.69, 9.17) is 0 Å².